The quantitative estimate of drug-likeness (QED) is 0.274. The molecule has 190 valence electrons. The lowest BCUT2D eigenvalue weighted by atomic mass is 9.96. The Kier molecular flexibility index (Phi) is 6.88. The average molecular weight is 525 g/mol. The predicted molar refractivity (Wildman–Crippen MR) is 136 cm³/mol. The summed E-state index contributed by atoms with van der Waals surface area (Å²) in [6.07, 6.45) is 0.951. The number of aromatic nitrogens is 2. The van der Waals surface area contributed by atoms with Gasteiger partial charge in [0, 0.05) is 47.4 Å². The zero-order valence-corrected chi connectivity index (χ0v) is 20.7. The number of nitrogens with one attached hydrogen (secondary N) is 2. The van der Waals surface area contributed by atoms with Crippen LogP contribution in [0.25, 0.3) is 22.2 Å². The highest BCUT2D eigenvalue weighted by atomic mass is 35.5. The molecule has 5 rings (SSSR count). The van der Waals surface area contributed by atoms with Crippen LogP contribution in [-0.2, 0) is 4.74 Å². The molecule has 1 atom stereocenters. The van der Waals surface area contributed by atoms with Crippen LogP contribution in [0.15, 0.2) is 51.8 Å². The van der Waals surface area contributed by atoms with Crippen LogP contribution in [0.3, 0.4) is 0 Å². The highest BCUT2D eigenvalue weighted by molar-refractivity contribution is 6.33. The third kappa shape index (κ3) is 4.91. The van der Waals surface area contributed by atoms with Gasteiger partial charge in [0.15, 0.2) is 5.78 Å². The maximum Gasteiger partial charge on any atom is 0.347 e. The molecule has 2 aromatic carbocycles. The number of benzene rings is 2. The Bertz CT molecular complexity index is 1570. The molecule has 2 aromatic heterocycles. The summed E-state index contributed by atoms with van der Waals surface area (Å²) in [5.41, 5.74) is 1.41. The van der Waals surface area contributed by atoms with Gasteiger partial charge in [0.05, 0.1) is 36.7 Å². The topological polar surface area (TPSA) is 116 Å². The van der Waals surface area contributed by atoms with E-state index in [2.05, 4.69) is 20.6 Å². The van der Waals surface area contributed by atoms with Gasteiger partial charge in [0.2, 0.25) is 5.95 Å². The molecule has 37 heavy (non-hydrogen) atoms. The summed E-state index contributed by atoms with van der Waals surface area (Å²) in [5.74, 6) is -0.371. The molecule has 9 nitrogen and oxygen atoms in total. The third-order valence-electron chi connectivity index (χ3n) is 5.97. The van der Waals surface area contributed by atoms with Crippen LogP contribution in [0.1, 0.15) is 28.9 Å². The first-order valence-electron chi connectivity index (χ1n) is 11.4. The molecule has 4 aromatic rings. The summed E-state index contributed by atoms with van der Waals surface area (Å²) in [6.45, 7) is 2.94. The van der Waals surface area contributed by atoms with Gasteiger partial charge in [-0.3, -0.25) is 4.79 Å². The number of ether oxygens (including phenoxy) is 2. The minimum absolute atomic E-state index is 0.0131. The fraction of sp³-hybridized carbons (Fsp3) is 0.231. The molecule has 0 radical (unpaired) electrons. The fourth-order valence-corrected chi connectivity index (χ4v) is 4.52. The van der Waals surface area contributed by atoms with Crippen LogP contribution in [0.4, 0.5) is 16.0 Å². The second kappa shape index (κ2) is 10.3. The molecule has 0 amide bonds. The van der Waals surface area contributed by atoms with Gasteiger partial charge in [-0.05, 0) is 31.2 Å². The number of fused-ring (bicyclic) bond motifs is 1. The first kappa shape index (κ1) is 24.8. The van der Waals surface area contributed by atoms with E-state index in [0.29, 0.717) is 47.6 Å². The highest BCUT2D eigenvalue weighted by Crippen LogP contribution is 2.35. The van der Waals surface area contributed by atoms with Crippen molar-refractivity contribution >= 4 is 40.0 Å². The molecule has 1 aliphatic rings. The van der Waals surface area contributed by atoms with Crippen LogP contribution >= 0.6 is 11.6 Å². The normalized spacial score (nSPS) is 15.5. The van der Waals surface area contributed by atoms with E-state index in [1.54, 1.807) is 18.2 Å². The van der Waals surface area contributed by atoms with Gasteiger partial charge in [-0.1, -0.05) is 11.6 Å². The number of hydrogen-bond donors (Lipinski definition) is 2. The third-order valence-corrected chi connectivity index (χ3v) is 6.25. The zero-order valence-electron chi connectivity index (χ0n) is 19.9. The predicted octanol–water partition coefficient (Wildman–Crippen LogP) is 4.66. The van der Waals surface area contributed by atoms with Crippen LogP contribution in [0, 0.1) is 5.82 Å². The Balaban J connectivity index is 1.54. The maximum atomic E-state index is 13.7. The van der Waals surface area contributed by atoms with Gasteiger partial charge < -0.3 is 24.5 Å². The number of carbonyl (C=O) groups is 1. The molecule has 0 aliphatic carbocycles. The highest BCUT2D eigenvalue weighted by Gasteiger charge is 2.27. The average Bonchev–Trinajstić information content (AvgIpc) is 2.89. The Morgan fingerprint density at radius 3 is 2.84 bits per heavy atom. The number of hydrogen-bond acceptors (Lipinski definition) is 9. The molecule has 1 unspecified atom stereocenters. The molecule has 11 heteroatoms. The van der Waals surface area contributed by atoms with E-state index in [1.165, 1.54) is 38.4 Å². The second-order valence-corrected chi connectivity index (χ2v) is 8.78. The molecular formula is C26H22ClFN4O5. The first-order valence-corrected chi connectivity index (χ1v) is 11.8. The van der Waals surface area contributed by atoms with Gasteiger partial charge in [-0.15, -0.1) is 0 Å². The van der Waals surface area contributed by atoms with Crippen molar-refractivity contribution in [2.45, 2.75) is 13.0 Å². The van der Waals surface area contributed by atoms with Crippen molar-refractivity contribution in [1.29, 1.82) is 0 Å². The molecular weight excluding hydrogens is 503 g/mol. The number of Topliss-reactive ketones (excluding diaryl/α,β-unsaturated/α-hetero) is 1. The lowest BCUT2D eigenvalue weighted by Crippen LogP contribution is -2.35. The van der Waals surface area contributed by atoms with Crippen LogP contribution in [0.5, 0.6) is 5.75 Å². The smallest absolute Gasteiger partial charge is 0.347 e. The van der Waals surface area contributed by atoms with Crippen LogP contribution in [0.2, 0.25) is 5.02 Å². The van der Waals surface area contributed by atoms with E-state index in [0.717, 1.165) is 0 Å². The van der Waals surface area contributed by atoms with Gasteiger partial charge >= 0.3 is 5.63 Å². The lowest BCUT2D eigenvalue weighted by Gasteiger charge is -2.26. The Morgan fingerprint density at radius 1 is 1.27 bits per heavy atom. The summed E-state index contributed by atoms with van der Waals surface area (Å²) in [7, 11) is 1.43. The van der Waals surface area contributed by atoms with E-state index < -0.39 is 17.5 Å². The zero-order chi connectivity index (χ0) is 26.1. The molecule has 0 bridgehead atoms. The molecule has 0 spiro atoms. The minimum Gasteiger partial charge on any atom is -0.496 e. The maximum absolute atomic E-state index is 13.7. The van der Waals surface area contributed by atoms with Gasteiger partial charge in [0.1, 0.15) is 22.7 Å². The largest absolute Gasteiger partial charge is 0.496 e. The van der Waals surface area contributed by atoms with E-state index >= 15 is 0 Å². The SMILES string of the molecule is COc1cc(F)ccc1-c1nc(Nc2ccc3c(C4CNCCO4)c(C(C)=O)c(=O)oc3c2)ncc1Cl. The van der Waals surface area contributed by atoms with Crippen LogP contribution < -0.4 is 21.0 Å². The monoisotopic (exact) mass is 524 g/mol. The molecule has 2 N–H and O–H groups in total. The molecule has 1 aliphatic heterocycles. The fourth-order valence-electron chi connectivity index (χ4n) is 4.33. The van der Waals surface area contributed by atoms with Crippen molar-refractivity contribution in [1.82, 2.24) is 15.3 Å². The van der Waals surface area contributed by atoms with Crippen LogP contribution in [-0.4, -0.2) is 42.6 Å². The van der Waals surface area contributed by atoms with E-state index in [1.807, 2.05) is 0 Å². The number of nitrogens with zero attached hydrogens (tertiary/aromatic N) is 2. The summed E-state index contributed by atoms with van der Waals surface area (Å²) in [6, 6.07) is 9.17. The Morgan fingerprint density at radius 2 is 2.11 bits per heavy atom. The number of ketones is 1. The van der Waals surface area contributed by atoms with Crippen molar-refractivity contribution in [3.8, 4) is 17.0 Å². The van der Waals surface area contributed by atoms with Gasteiger partial charge in [-0.25, -0.2) is 19.2 Å². The summed E-state index contributed by atoms with van der Waals surface area (Å²) in [4.78, 5) is 33.8. The van der Waals surface area contributed by atoms with Crippen molar-refractivity contribution in [3.05, 3.63) is 75.0 Å². The number of carbonyl (C=O) groups excluding carboxylic acids is 1. The number of anilines is 2. The van der Waals surface area contributed by atoms with E-state index in [9.17, 15) is 14.0 Å². The molecule has 3 heterocycles. The molecule has 1 fully saturated rings. The van der Waals surface area contributed by atoms with E-state index in [4.69, 9.17) is 25.5 Å². The molecule has 0 saturated carbocycles. The lowest BCUT2D eigenvalue weighted by molar-refractivity contribution is 0.0277. The Hall–Kier alpha value is -3.86. The number of morpholine rings is 1. The summed E-state index contributed by atoms with van der Waals surface area (Å²) < 4.78 is 30.3. The summed E-state index contributed by atoms with van der Waals surface area (Å²) in [5, 5.41) is 7.14. The van der Waals surface area contributed by atoms with Crippen molar-refractivity contribution in [3.63, 3.8) is 0 Å². The van der Waals surface area contributed by atoms with Gasteiger partial charge in [0.25, 0.3) is 0 Å². The Labute approximate surface area is 215 Å². The standard InChI is InChI=1S/C26H22ClFN4O5/c1-13(33)22-23(21-12-29-7-8-36-21)16-6-4-15(10-20(16)37-25(22)34)31-26-30-11-18(27)24(32-26)17-5-3-14(28)9-19(17)35-2/h3-6,9-11,21,29H,7-8,12H2,1-2H3,(H,30,31,32). The van der Waals surface area contributed by atoms with Gasteiger partial charge in [-0.2, -0.15) is 0 Å². The van der Waals surface area contributed by atoms with E-state index in [-0.39, 0.29) is 33.7 Å². The van der Waals surface area contributed by atoms with Crippen molar-refractivity contribution in [2.75, 3.05) is 32.1 Å². The number of methoxy groups -OCH3 is 1. The first-order chi connectivity index (χ1) is 17.9. The van der Waals surface area contributed by atoms with Crippen molar-refractivity contribution in [2.24, 2.45) is 0 Å². The number of halogens is 2. The minimum atomic E-state index is -0.727. The number of rotatable bonds is 6. The van der Waals surface area contributed by atoms with Crippen molar-refractivity contribution < 1.29 is 23.1 Å². The second-order valence-electron chi connectivity index (χ2n) is 8.37. The molecule has 1 saturated heterocycles. The summed E-state index contributed by atoms with van der Waals surface area (Å²) >= 11 is 6.33.